The van der Waals surface area contributed by atoms with E-state index in [9.17, 15) is 8.42 Å². The Morgan fingerprint density at radius 3 is 3.00 bits per heavy atom. The van der Waals surface area contributed by atoms with Crippen LogP contribution in [-0.4, -0.2) is 38.0 Å². The van der Waals surface area contributed by atoms with Crippen LogP contribution in [0.1, 0.15) is 24.8 Å². The Balaban J connectivity index is 1.94. The van der Waals surface area contributed by atoms with Crippen molar-refractivity contribution in [1.29, 1.82) is 0 Å². The number of halogens is 1. The Hall–Kier alpha value is -0.620. The minimum Gasteiger partial charge on any atom is -0.375 e. The summed E-state index contributed by atoms with van der Waals surface area (Å²) in [6, 6.07) is 6.89. The molecule has 1 saturated carbocycles. The highest BCUT2D eigenvalue weighted by molar-refractivity contribution is 7.89. The third-order valence-corrected chi connectivity index (χ3v) is 6.32. The van der Waals surface area contributed by atoms with Gasteiger partial charge in [0.2, 0.25) is 10.0 Å². The molecule has 2 fully saturated rings. The monoisotopic (exact) mass is 315 g/mol. The lowest BCUT2D eigenvalue weighted by Crippen LogP contribution is -2.51. The first-order valence-corrected chi connectivity index (χ1v) is 8.89. The fourth-order valence-corrected chi connectivity index (χ4v) is 5.01. The summed E-state index contributed by atoms with van der Waals surface area (Å²) in [7, 11) is -3.45. The van der Waals surface area contributed by atoms with E-state index in [2.05, 4.69) is 0 Å². The SMILES string of the molecule is O=S(=O)(c1cccc(CCl)c1)N1CCOC2CCCC21. The van der Waals surface area contributed by atoms with Crippen molar-refractivity contribution in [3.63, 3.8) is 0 Å². The Morgan fingerprint density at radius 1 is 1.35 bits per heavy atom. The molecular weight excluding hydrogens is 298 g/mol. The average molecular weight is 316 g/mol. The smallest absolute Gasteiger partial charge is 0.243 e. The van der Waals surface area contributed by atoms with E-state index in [1.165, 1.54) is 0 Å². The molecule has 0 spiro atoms. The van der Waals surface area contributed by atoms with Crippen molar-refractivity contribution in [1.82, 2.24) is 4.31 Å². The molecule has 3 rings (SSSR count). The Labute approximate surface area is 124 Å². The molecule has 1 aromatic carbocycles. The largest absolute Gasteiger partial charge is 0.375 e. The van der Waals surface area contributed by atoms with Gasteiger partial charge < -0.3 is 4.74 Å². The van der Waals surface area contributed by atoms with Crippen molar-refractivity contribution in [2.45, 2.75) is 42.2 Å². The minimum atomic E-state index is -3.45. The minimum absolute atomic E-state index is 0.00610. The maximum absolute atomic E-state index is 12.8. The van der Waals surface area contributed by atoms with E-state index in [4.69, 9.17) is 16.3 Å². The maximum atomic E-state index is 12.8. The standard InChI is InChI=1S/C14H18ClNO3S/c15-10-11-3-1-4-12(9-11)20(17,18)16-7-8-19-14-6-2-5-13(14)16/h1,3-4,9,13-14H,2,5-8,10H2. The van der Waals surface area contributed by atoms with E-state index in [1.54, 1.807) is 22.5 Å². The van der Waals surface area contributed by atoms with Crippen molar-refractivity contribution < 1.29 is 13.2 Å². The molecule has 1 aromatic rings. The van der Waals surface area contributed by atoms with Gasteiger partial charge in [-0.1, -0.05) is 12.1 Å². The normalized spacial score (nSPS) is 27.4. The zero-order valence-corrected chi connectivity index (χ0v) is 12.7. The van der Waals surface area contributed by atoms with Crippen molar-refractivity contribution in [2.24, 2.45) is 0 Å². The maximum Gasteiger partial charge on any atom is 0.243 e. The van der Waals surface area contributed by atoms with Gasteiger partial charge in [0.05, 0.1) is 23.6 Å². The zero-order chi connectivity index (χ0) is 14.2. The van der Waals surface area contributed by atoms with Crippen LogP contribution in [0.4, 0.5) is 0 Å². The second-order valence-corrected chi connectivity index (χ2v) is 7.46. The van der Waals surface area contributed by atoms with Crippen LogP contribution in [0.25, 0.3) is 0 Å². The molecular formula is C14H18ClNO3S. The Kier molecular flexibility index (Phi) is 4.04. The first-order chi connectivity index (χ1) is 9.63. The van der Waals surface area contributed by atoms with Gasteiger partial charge >= 0.3 is 0 Å². The van der Waals surface area contributed by atoms with Crippen LogP contribution in [0.3, 0.4) is 0 Å². The molecule has 0 N–H and O–H groups in total. The van der Waals surface area contributed by atoms with Crippen LogP contribution < -0.4 is 0 Å². The van der Waals surface area contributed by atoms with E-state index in [1.807, 2.05) is 6.07 Å². The molecule has 0 bridgehead atoms. The summed E-state index contributed by atoms with van der Waals surface area (Å²) in [6.07, 6.45) is 2.94. The lowest BCUT2D eigenvalue weighted by atomic mass is 10.2. The molecule has 4 nitrogen and oxygen atoms in total. The third-order valence-electron chi connectivity index (χ3n) is 4.09. The number of morpholine rings is 1. The van der Waals surface area contributed by atoms with Crippen LogP contribution in [0.5, 0.6) is 0 Å². The lowest BCUT2D eigenvalue weighted by Gasteiger charge is -2.36. The van der Waals surface area contributed by atoms with E-state index >= 15 is 0 Å². The van der Waals surface area contributed by atoms with E-state index < -0.39 is 10.0 Å². The molecule has 6 heteroatoms. The number of alkyl halides is 1. The van der Waals surface area contributed by atoms with Crippen LogP contribution in [0, 0.1) is 0 Å². The first-order valence-electron chi connectivity index (χ1n) is 6.91. The molecule has 2 aliphatic rings. The molecule has 110 valence electrons. The second-order valence-electron chi connectivity index (χ2n) is 5.30. The van der Waals surface area contributed by atoms with Gasteiger partial charge in [-0.3, -0.25) is 0 Å². The highest BCUT2D eigenvalue weighted by atomic mass is 35.5. The predicted molar refractivity (Wildman–Crippen MR) is 77.3 cm³/mol. The van der Waals surface area contributed by atoms with Gasteiger partial charge in [0.15, 0.2) is 0 Å². The van der Waals surface area contributed by atoms with Gasteiger partial charge in [0.1, 0.15) is 0 Å². The number of ether oxygens (including phenoxy) is 1. The summed E-state index contributed by atoms with van der Waals surface area (Å²) in [6.45, 7) is 0.921. The molecule has 20 heavy (non-hydrogen) atoms. The van der Waals surface area contributed by atoms with Gasteiger partial charge in [-0.05, 0) is 37.0 Å². The van der Waals surface area contributed by atoms with E-state index in [0.717, 1.165) is 24.8 Å². The molecule has 1 heterocycles. The molecule has 0 amide bonds. The van der Waals surface area contributed by atoms with Crippen molar-refractivity contribution >= 4 is 21.6 Å². The number of sulfonamides is 1. The van der Waals surface area contributed by atoms with E-state index in [0.29, 0.717) is 23.9 Å². The molecule has 1 aliphatic carbocycles. The number of benzene rings is 1. The highest BCUT2D eigenvalue weighted by Gasteiger charge is 2.42. The summed E-state index contributed by atoms with van der Waals surface area (Å²) in [5.41, 5.74) is 0.823. The fourth-order valence-electron chi connectivity index (χ4n) is 3.11. The number of hydrogen-bond donors (Lipinski definition) is 0. The van der Waals surface area contributed by atoms with Crippen molar-refractivity contribution in [2.75, 3.05) is 13.2 Å². The topological polar surface area (TPSA) is 46.6 Å². The first kappa shape index (κ1) is 14.3. The van der Waals surface area contributed by atoms with Crippen LogP contribution in [0.15, 0.2) is 29.2 Å². The fraction of sp³-hybridized carbons (Fsp3) is 0.571. The van der Waals surface area contributed by atoms with Gasteiger partial charge in [0, 0.05) is 12.4 Å². The van der Waals surface area contributed by atoms with Crippen molar-refractivity contribution in [3.05, 3.63) is 29.8 Å². The Bertz CT molecular complexity index is 590. The summed E-state index contributed by atoms with van der Waals surface area (Å²) >= 11 is 5.80. The number of fused-ring (bicyclic) bond motifs is 1. The van der Waals surface area contributed by atoms with Crippen LogP contribution in [0.2, 0.25) is 0 Å². The van der Waals surface area contributed by atoms with Gasteiger partial charge in [0.25, 0.3) is 0 Å². The summed E-state index contributed by atoms with van der Waals surface area (Å²) in [5.74, 6) is 0.318. The lowest BCUT2D eigenvalue weighted by molar-refractivity contribution is -0.0241. The molecule has 1 saturated heterocycles. The van der Waals surface area contributed by atoms with E-state index in [-0.39, 0.29) is 12.1 Å². The summed E-state index contributed by atoms with van der Waals surface area (Å²) < 4.78 is 33.0. The third kappa shape index (κ3) is 2.48. The van der Waals surface area contributed by atoms with Crippen molar-refractivity contribution in [3.8, 4) is 0 Å². The van der Waals surface area contributed by atoms with Crippen LogP contribution >= 0.6 is 11.6 Å². The summed E-state index contributed by atoms with van der Waals surface area (Å²) in [4.78, 5) is 0.336. The number of hydrogen-bond acceptors (Lipinski definition) is 3. The Morgan fingerprint density at radius 2 is 2.20 bits per heavy atom. The average Bonchev–Trinajstić information content (AvgIpc) is 2.95. The van der Waals surface area contributed by atoms with Gasteiger partial charge in [-0.15, -0.1) is 11.6 Å². The molecule has 0 aromatic heterocycles. The second kappa shape index (κ2) is 5.64. The molecule has 1 aliphatic heterocycles. The molecule has 2 unspecified atom stereocenters. The van der Waals surface area contributed by atoms with Gasteiger partial charge in [-0.2, -0.15) is 4.31 Å². The number of nitrogens with zero attached hydrogens (tertiary/aromatic N) is 1. The zero-order valence-electron chi connectivity index (χ0n) is 11.2. The highest BCUT2D eigenvalue weighted by Crippen LogP contribution is 2.33. The molecule has 2 atom stereocenters. The van der Waals surface area contributed by atoms with Crippen LogP contribution in [-0.2, 0) is 20.6 Å². The van der Waals surface area contributed by atoms with Gasteiger partial charge in [-0.25, -0.2) is 8.42 Å². The number of rotatable bonds is 3. The summed E-state index contributed by atoms with van der Waals surface area (Å²) in [5, 5.41) is 0. The molecule has 0 radical (unpaired) electrons. The predicted octanol–water partition coefficient (Wildman–Crippen LogP) is 2.37. The quantitative estimate of drug-likeness (QED) is 0.805.